The molecule has 1 aromatic heterocycles. The molecule has 1 aliphatic heterocycles. The van der Waals surface area contributed by atoms with Crippen LogP contribution in [0.1, 0.15) is 20.3 Å². The van der Waals surface area contributed by atoms with Crippen LogP contribution in [0, 0.1) is 0 Å². The van der Waals surface area contributed by atoms with Gasteiger partial charge < -0.3 is 15.4 Å². The Hall–Kier alpha value is -2.88. The van der Waals surface area contributed by atoms with Gasteiger partial charge in [0, 0.05) is 11.4 Å². The van der Waals surface area contributed by atoms with Crippen LogP contribution in [0.4, 0.5) is 4.79 Å². The standard InChI is InChI=1S/C17H20N6O3S/c1-3-12-14(15(24)26-4-2)13(19-16(25)18-12)10-27-17-20-21-22-23(17)11-8-6-5-7-9-11/h5-9,12H,3-4,10H2,1-2H3,(H2,18,19,25)/t12-/m0/s1. The van der Waals surface area contributed by atoms with Crippen LogP contribution in [0.2, 0.25) is 0 Å². The molecular weight excluding hydrogens is 368 g/mol. The number of nitrogens with zero attached hydrogens (tertiary/aromatic N) is 4. The number of nitrogens with one attached hydrogen (secondary N) is 2. The Morgan fingerprint density at radius 3 is 2.78 bits per heavy atom. The summed E-state index contributed by atoms with van der Waals surface area (Å²) in [6, 6.07) is 8.75. The average molecular weight is 388 g/mol. The number of rotatable bonds is 7. The number of hydrogen-bond acceptors (Lipinski definition) is 7. The Morgan fingerprint density at radius 2 is 2.07 bits per heavy atom. The minimum absolute atomic E-state index is 0.263. The molecule has 0 saturated heterocycles. The largest absolute Gasteiger partial charge is 0.463 e. The zero-order valence-electron chi connectivity index (χ0n) is 15.0. The highest BCUT2D eigenvalue weighted by Crippen LogP contribution is 2.24. The van der Waals surface area contributed by atoms with Crippen LogP contribution in [0.5, 0.6) is 0 Å². The zero-order valence-corrected chi connectivity index (χ0v) is 15.8. The summed E-state index contributed by atoms with van der Waals surface area (Å²) in [4.78, 5) is 24.4. The van der Waals surface area contributed by atoms with Crippen molar-refractivity contribution in [1.29, 1.82) is 0 Å². The summed E-state index contributed by atoms with van der Waals surface area (Å²) >= 11 is 1.33. The highest BCUT2D eigenvalue weighted by Gasteiger charge is 2.31. The summed E-state index contributed by atoms with van der Waals surface area (Å²) in [5.41, 5.74) is 1.77. The van der Waals surface area contributed by atoms with Gasteiger partial charge >= 0.3 is 12.0 Å². The number of urea groups is 1. The van der Waals surface area contributed by atoms with E-state index >= 15 is 0 Å². The van der Waals surface area contributed by atoms with E-state index in [4.69, 9.17) is 4.74 Å². The Morgan fingerprint density at radius 1 is 1.30 bits per heavy atom. The first kappa shape index (κ1) is 18.9. The second-order valence-corrected chi connectivity index (χ2v) is 6.61. The maximum atomic E-state index is 12.4. The van der Waals surface area contributed by atoms with E-state index in [9.17, 15) is 9.59 Å². The first-order valence-corrected chi connectivity index (χ1v) is 9.56. The van der Waals surface area contributed by atoms with Gasteiger partial charge in [0.05, 0.1) is 23.9 Å². The van der Waals surface area contributed by atoms with Crippen molar-refractivity contribution >= 4 is 23.8 Å². The number of benzene rings is 1. The molecule has 0 aliphatic carbocycles. The molecule has 0 bridgehead atoms. The number of thioether (sulfide) groups is 1. The molecule has 2 heterocycles. The predicted molar refractivity (Wildman–Crippen MR) is 99.3 cm³/mol. The fourth-order valence-corrected chi connectivity index (χ4v) is 3.57. The summed E-state index contributed by atoms with van der Waals surface area (Å²) in [7, 11) is 0. The van der Waals surface area contributed by atoms with Crippen molar-refractivity contribution in [3.63, 3.8) is 0 Å². The van der Waals surface area contributed by atoms with Gasteiger partial charge in [-0.2, -0.15) is 4.68 Å². The lowest BCUT2D eigenvalue weighted by Crippen LogP contribution is -2.50. The van der Waals surface area contributed by atoms with Crippen LogP contribution in [-0.2, 0) is 9.53 Å². The maximum absolute atomic E-state index is 12.4. The van der Waals surface area contributed by atoms with E-state index in [0.717, 1.165) is 5.69 Å². The Bertz CT molecular complexity index is 851. The normalized spacial score (nSPS) is 16.7. The number of ether oxygens (including phenoxy) is 1. The van der Waals surface area contributed by atoms with Gasteiger partial charge in [-0.15, -0.1) is 5.10 Å². The topological polar surface area (TPSA) is 111 Å². The molecule has 2 amide bonds. The van der Waals surface area contributed by atoms with Gasteiger partial charge in [0.2, 0.25) is 5.16 Å². The summed E-state index contributed by atoms with van der Waals surface area (Å²) < 4.78 is 6.77. The molecule has 3 rings (SSSR count). The van der Waals surface area contributed by atoms with Crippen LogP contribution in [0.3, 0.4) is 0 Å². The second kappa shape index (κ2) is 8.67. The lowest BCUT2D eigenvalue weighted by atomic mass is 10.0. The fourth-order valence-electron chi connectivity index (χ4n) is 2.71. The summed E-state index contributed by atoms with van der Waals surface area (Å²) in [6.07, 6.45) is 0.581. The van der Waals surface area contributed by atoms with Gasteiger partial charge in [-0.25, -0.2) is 9.59 Å². The molecule has 10 heteroatoms. The van der Waals surface area contributed by atoms with Crippen molar-refractivity contribution in [2.75, 3.05) is 12.4 Å². The monoisotopic (exact) mass is 388 g/mol. The second-order valence-electron chi connectivity index (χ2n) is 5.67. The van der Waals surface area contributed by atoms with Gasteiger partial charge in [0.25, 0.3) is 0 Å². The molecular formula is C17H20N6O3S. The van der Waals surface area contributed by atoms with Crippen molar-refractivity contribution in [3.05, 3.63) is 41.6 Å². The number of tetrazole rings is 1. The molecule has 2 N–H and O–H groups in total. The third-order valence-electron chi connectivity index (χ3n) is 3.93. The van der Waals surface area contributed by atoms with Crippen LogP contribution >= 0.6 is 11.8 Å². The van der Waals surface area contributed by atoms with E-state index in [1.807, 2.05) is 37.3 Å². The number of esters is 1. The van der Waals surface area contributed by atoms with Crippen LogP contribution in [0.15, 0.2) is 46.8 Å². The molecule has 0 unspecified atom stereocenters. The SMILES string of the molecule is CCOC(=O)C1=C(CSc2nnnn2-c2ccccc2)NC(=O)N[C@H]1CC. The highest BCUT2D eigenvalue weighted by molar-refractivity contribution is 7.99. The zero-order chi connectivity index (χ0) is 19.2. The quantitative estimate of drug-likeness (QED) is 0.548. The first-order valence-electron chi connectivity index (χ1n) is 8.58. The molecule has 0 fully saturated rings. The van der Waals surface area contributed by atoms with E-state index in [1.165, 1.54) is 11.8 Å². The molecule has 0 saturated carbocycles. The van der Waals surface area contributed by atoms with E-state index in [0.29, 0.717) is 28.6 Å². The molecule has 2 aromatic rings. The van der Waals surface area contributed by atoms with Gasteiger partial charge in [0.1, 0.15) is 0 Å². The fraction of sp³-hybridized carbons (Fsp3) is 0.353. The van der Waals surface area contributed by atoms with Crippen molar-refractivity contribution in [2.24, 2.45) is 0 Å². The summed E-state index contributed by atoms with van der Waals surface area (Å²) in [5, 5.41) is 17.8. The first-order chi connectivity index (χ1) is 13.1. The molecule has 1 aliphatic rings. The number of amides is 2. The maximum Gasteiger partial charge on any atom is 0.337 e. The summed E-state index contributed by atoms with van der Waals surface area (Å²) in [6.45, 7) is 3.91. The van der Waals surface area contributed by atoms with Gasteiger partial charge in [-0.05, 0) is 35.9 Å². The van der Waals surface area contributed by atoms with Crippen LogP contribution in [-0.4, -0.2) is 50.6 Å². The van der Waals surface area contributed by atoms with Crippen molar-refractivity contribution < 1.29 is 14.3 Å². The Labute approximate surface area is 160 Å². The number of hydrogen-bond donors (Lipinski definition) is 2. The number of carbonyl (C=O) groups excluding carboxylic acids is 2. The third kappa shape index (κ3) is 4.27. The Balaban J connectivity index is 1.85. The number of aromatic nitrogens is 4. The van der Waals surface area contributed by atoms with Crippen molar-refractivity contribution in [3.8, 4) is 5.69 Å². The number of carbonyl (C=O) groups is 2. The number of para-hydroxylation sites is 1. The minimum Gasteiger partial charge on any atom is -0.463 e. The molecule has 142 valence electrons. The highest BCUT2D eigenvalue weighted by atomic mass is 32.2. The molecule has 9 nitrogen and oxygen atoms in total. The molecule has 1 atom stereocenters. The molecule has 1 aromatic carbocycles. The minimum atomic E-state index is -0.435. The van der Waals surface area contributed by atoms with Gasteiger partial charge in [0.15, 0.2) is 0 Å². The lowest BCUT2D eigenvalue weighted by molar-refractivity contribution is -0.139. The third-order valence-corrected chi connectivity index (χ3v) is 4.88. The molecule has 27 heavy (non-hydrogen) atoms. The molecule has 0 radical (unpaired) electrons. The van der Waals surface area contributed by atoms with Crippen molar-refractivity contribution in [1.82, 2.24) is 30.8 Å². The van der Waals surface area contributed by atoms with Gasteiger partial charge in [-0.3, -0.25) is 0 Å². The van der Waals surface area contributed by atoms with E-state index in [2.05, 4.69) is 26.2 Å². The predicted octanol–water partition coefficient (Wildman–Crippen LogP) is 1.66. The van der Waals surface area contributed by atoms with E-state index in [1.54, 1.807) is 11.6 Å². The van der Waals surface area contributed by atoms with Crippen LogP contribution in [0.25, 0.3) is 5.69 Å². The Kier molecular flexibility index (Phi) is 6.07. The van der Waals surface area contributed by atoms with Gasteiger partial charge in [-0.1, -0.05) is 36.9 Å². The lowest BCUT2D eigenvalue weighted by Gasteiger charge is -2.28. The van der Waals surface area contributed by atoms with Crippen LogP contribution < -0.4 is 10.6 Å². The molecule has 0 spiro atoms. The van der Waals surface area contributed by atoms with E-state index in [-0.39, 0.29) is 12.6 Å². The smallest absolute Gasteiger partial charge is 0.337 e. The average Bonchev–Trinajstić information content (AvgIpc) is 3.15. The van der Waals surface area contributed by atoms with E-state index < -0.39 is 12.0 Å². The van der Waals surface area contributed by atoms with Crippen molar-refractivity contribution in [2.45, 2.75) is 31.5 Å². The summed E-state index contributed by atoms with van der Waals surface area (Å²) in [5.74, 6) is -0.110.